The fraction of sp³-hybridized carbons (Fsp3) is 0.214. The van der Waals surface area contributed by atoms with Gasteiger partial charge in [0.05, 0.1) is 12.1 Å². The number of pyridine rings is 1. The summed E-state index contributed by atoms with van der Waals surface area (Å²) in [7, 11) is 0. The molecular weight excluding hydrogens is 288 g/mol. The molecule has 0 fully saturated rings. The van der Waals surface area contributed by atoms with Crippen molar-refractivity contribution in [2.24, 2.45) is 16.5 Å². The van der Waals surface area contributed by atoms with Gasteiger partial charge in [0.1, 0.15) is 11.4 Å². The Kier molecular flexibility index (Phi) is 3.42. The molecule has 8 nitrogen and oxygen atoms in total. The number of aliphatic imine (C=N–C) groups is 1. The standard InChI is InChI=1S/C14H14N4O4/c1-2-20-10-5-9(13(19)18-14(15)16)17-8-4-12-11(3-7(8)10)21-6-22-12/h3-5H,2,6H2,1H3,(H4,15,16,18,19). The first-order chi connectivity index (χ1) is 10.6. The molecule has 1 aliphatic rings. The molecule has 0 bridgehead atoms. The molecule has 0 saturated carbocycles. The Hall–Kier alpha value is -3.03. The molecule has 0 aliphatic carbocycles. The van der Waals surface area contributed by atoms with Gasteiger partial charge < -0.3 is 25.7 Å². The van der Waals surface area contributed by atoms with E-state index in [1.807, 2.05) is 6.92 Å². The number of fused-ring (bicyclic) bond motifs is 2. The van der Waals surface area contributed by atoms with Gasteiger partial charge in [-0.1, -0.05) is 0 Å². The number of ether oxygens (including phenoxy) is 3. The molecule has 1 aromatic carbocycles. The van der Waals surface area contributed by atoms with Crippen molar-refractivity contribution in [3.05, 3.63) is 23.9 Å². The van der Waals surface area contributed by atoms with Crippen LogP contribution < -0.4 is 25.7 Å². The first kappa shape index (κ1) is 13.9. The van der Waals surface area contributed by atoms with E-state index in [0.29, 0.717) is 34.8 Å². The molecule has 0 saturated heterocycles. The van der Waals surface area contributed by atoms with Crippen molar-refractivity contribution in [2.75, 3.05) is 13.4 Å². The number of carbonyl (C=O) groups excluding carboxylic acids is 1. The first-order valence-corrected chi connectivity index (χ1v) is 6.59. The van der Waals surface area contributed by atoms with Crippen LogP contribution in [-0.2, 0) is 0 Å². The lowest BCUT2D eigenvalue weighted by Crippen LogP contribution is -2.24. The SMILES string of the molecule is CCOc1cc(C(=O)N=C(N)N)nc2cc3c(cc12)OCO3. The van der Waals surface area contributed by atoms with Crippen molar-refractivity contribution in [3.8, 4) is 17.2 Å². The van der Waals surface area contributed by atoms with E-state index in [9.17, 15) is 4.79 Å². The summed E-state index contributed by atoms with van der Waals surface area (Å²) in [5, 5.41) is 0.715. The molecule has 0 spiro atoms. The van der Waals surface area contributed by atoms with Gasteiger partial charge in [0.15, 0.2) is 17.5 Å². The lowest BCUT2D eigenvalue weighted by Gasteiger charge is -2.09. The van der Waals surface area contributed by atoms with E-state index < -0.39 is 5.91 Å². The van der Waals surface area contributed by atoms with Gasteiger partial charge in [0.25, 0.3) is 5.91 Å². The lowest BCUT2D eigenvalue weighted by molar-refractivity contribution is 0.0998. The predicted octanol–water partition coefficient (Wildman–Crippen LogP) is 0.776. The highest BCUT2D eigenvalue weighted by atomic mass is 16.7. The van der Waals surface area contributed by atoms with Crippen LogP contribution in [0.25, 0.3) is 10.9 Å². The van der Waals surface area contributed by atoms with Crippen LogP contribution in [0, 0.1) is 0 Å². The van der Waals surface area contributed by atoms with E-state index in [0.717, 1.165) is 0 Å². The first-order valence-electron chi connectivity index (χ1n) is 6.59. The number of guanidine groups is 1. The van der Waals surface area contributed by atoms with Crippen LogP contribution in [0.3, 0.4) is 0 Å². The van der Waals surface area contributed by atoms with Crippen LogP contribution in [0.5, 0.6) is 17.2 Å². The van der Waals surface area contributed by atoms with Crippen molar-refractivity contribution in [1.29, 1.82) is 0 Å². The Morgan fingerprint density at radius 3 is 2.73 bits per heavy atom. The Morgan fingerprint density at radius 2 is 2.05 bits per heavy atom. The molecule has 0 atom stereocenters. The summed E-state index contributed by atoms with van der Waals surface area (Å²) >= 11 is 0. The Bertz CT molecular complexity index is 784. The highest BCUT2D eigenvalue weighted by Crippen LogP contribution is 2.38. The smallest absolute Gasteiger partial charge is 0.298 e. The van der Waals surface area contributed by atoms with Crippen molar-refractivity contribution in [2.45, 2.75) is 6.92 Å². The molecule has 0 unspecified atom stereocenters. The summed E-state index contributed by atoms with van der Waals surface area (Å²) in [5.41, 5.74) is 11.1. The topological polar surface area (TPSA) is 122 Å². The van der Waals surface area contributed by atoms with E-state index in [4.69, 9.17) is 25.7 Å². The van der Waals surface area contributed by atoms with Crippen molar-refractivity contribution in [3.63, 3.8) is 0 Å². The Morgan fingerprint density at radius 1 is 1.32 bits per heavy atom. The third-order valence-corrected chi connectivity index (χ3v) is 3.01. The molecule has 114 valence electrons. The summed E-state index contributed by atoms with van der Waals surface area (Å²) in [6.45, 7) is 2.43. The van der Waals surface area contributed by atoms with Gasteiger partial charge in [0, 0.05) is 17.5 Å². The molecule has 0 radical (unpaired) electrons. The van der Waals surface area contributed by atoms with Gasteiger partial charge in [-0.05, 0) is 13.0 Å². The molecule has 2 heterocycles. The highest BCUT2D eigenvalue weighted by Gasteiger charge is 2.19. The summed E-state index contributed by atoms with van der Waals surface area (Å²) in [6, 6.07) is 4.96. The minimum atomic E-state index is -0.638. The van der Waals surface area contributed by atoms with Crippen LogP contribution in [0.4, 0.5) is 0 Å². The largest absolute Gasteiger partial charge is 0.493 e. The number of nitrogens with zero attached hydrogens (tertiary/aromatic N) is 2. The van der Waals surface area contributed by atoms with E-state index in [1.54, 1.807) is 12.1 Å². The Labute approximate surface area is 125 Å². The molecular formula is C14H14N4O4. The van der Waals surface area contributed by atoms with Gasteiger partial charge in [0.2, 0.25) is 6.79 Å². The molecule has 2 aromatic rings. The average Bonchev–Trinajstić information content (AvgIpc) is 2.91. The molecule has 8 heteroatoms. The van der Waals surface area contributed by atoms with Gasteiger partial charge >= 0.3 is 0 Å². The second kappa shape index (κ2) is 5.40. The number of nitrogens with two attached hydrogens (primary N) is 2. The van der Waals surface area contributed by atoms with E-state index in [-0.39, 0.29) is 18.4 Å². The quantitative estimate of drug-likeness (QED) is 0.634. The van der Waals surface area contributed by atoms with Crippen LogP contribution in [-0.4, -0.2) is 30.3 Å². The minimum absolute atomic E-state index is 0.0863. The maximum Gasteiger partial charge on any atom is 0.298 e. The zero-order chi connectivity index (χ0) is 15.7. The number of hydrogen-bond donors (Lipinski definition) is 2. The van der Waals surface area contributed by atoms with Gasteiger partial charge in [-0.25, -0.2) is 4.98 Å². The third-order valence-electron chi connectivity index (χ3n) is 3.01. The van der Waals surface area contributed by atoms with Gasteiger partial charge in [-0.3, -0.25) is 4.79 Å². The van der Waals surface area contributed by atoms with Crippen molar-refractivity contribution >= 4 is 22.8 Å². The lowest BCUT2D eigenvalue weighted by atomic mass is 10.1. The second-order valence-electron chi connectivity index (χ2n) is 4.50. The van der Waals surface area contributed by atoms with Crippen LogP contribution in [0.1, 0.15) is 17.4 Å². The summed E-state index contributed by atoms with van der Waals surface area (Å²) in [4.78, 5) is 19.7. The van der Waals surface area contributed by atoms with Crippen LogP contribution >= 0.6 is 0 Å². The normalized spacial score (nSPS) is 12.2. The van der Waals surface area contributed by atoms with Gasteiger partial charge in [-0.2, -0.15) is 4.99 Å². The number of benzene rings is 1. The van der Waals surface area contributed by atoms with E-state index >= 15 is 0 Å². The van der Waals surface area contributed by atoms with Crippen molar-refractivity contribution < 1.29 is 19.0 Å². The third kappa shape index (κ3) is 2.46. The zero-order valence-corrected chi connectivity index (χ0v) is 11.8. The summed E-state index contributed by atoms with van der Waals surface area (Å²) in [6.07, 6.45) is 0. The van der Waals surface area contributed by atoms with E-state index in [1.165, 1.54) is 6.07 Å². The van der Waals surface area contributed by atoms with Crippen LogP contribution in [0.2, 0.25) is 0 Å². The summed E-state index contributed by atoms with van der Waals surface area (Å²) in [5.74, 6) is 0.712. The van der Waals surface area contributed by atoms with Crippen LogP contribution in [0.15, 0.2) is 23.2 Å². The number of hydrogen-bond acceptors (Lipinski definition) is 5. The van der Waals surface area contributed by atoms with Gasteiger partial charge in [-0.15, -0.1) is 0 Å². The molecule has 1 aromatic heterocycles. The van der Waals surface area contributed by atoms with E-state index in [2.05, 4.69) is 9.98 Å². The fourth-order valence-corrected chi connectivity index (χ4v) is 2.14. The monoisotopic (exact) mass is 302 g/mol. The molecule has 1 amide bonds. The number of aromatic nitrogens is 1. The molecule has 4 N–H and O–H groups in total. The predicted molar refractivity (Wildman–Crippen MR) is 79.2 cm³/mol. The number of carbonyl (C=O) groups is 1. The zero-order valence-electron chi connectivity index (χ0n) is 11.8. The maximum absolute atomic E-state index is 12.0. The fourth-order valence-electron chi connectivity index (χ4n) is 2.14. The molecule has 22 heavy (non-hydrogen) atoms. The maximum atomic E-state index is 12.0. The number of amides is 1. The summed E-state index contributed by atoms with van der Waals surface area (Å²) < 4.78 is 16.2. The average molecular weight is 302 g/mol. The highest BCUT2D eigenvalue weighted by molar-refractivity contribution is 6.03. The second-order valence-corrected chi connectivity index (χ2v) is 4.50. The minimum Gasteiger partial charge on any atom is -0.493 e. The Balaban J connectivity index is 2.18. The molecule has 3 rings (SSSR count). The molecule has 1 aliphatic heterocycles. The van der Waals surface area contributed by atoms with Crippen molar-refractivity contribution in [1.82, 2.24) is 4.98 Å². The number of rotatable bonds is 3.